The van der Waals surface area contributed by atoms with Crippen molar-refractivity contribution in [1.29, 1.82) is 0 Å². The van der Waals surface area contributed by atoms with E-state index in [1.807, 2.05) is 24.3 Å². The number of pyridine rings is 1. The largest absolute Gasteiger partial charge is 0.340 e. The van der Waals surface area contributed by atoms with Gasteiger partial charge in [-0.3, -0.25) is 0 Å². The van der Waals surface area contributed by atoms with Crippen LogP contribution in [0.2, 0.25) is 0 Å². The first-order valence-electron chi connectivity index (χ1n) is 4.39. The highest BCUT2D eigenvalue weighted by atomic mass is 127. The summed E-state index contributed by atoms with van der Waals surface area (Å²) in [5.41, 5.74) is 0.903. The summed E-state index contributed by atoms with van der Waals surface area (Å²) < 4.78 is 13.9. The van der Waals surface area contributed by atoms with Crippen molar-refractivity contribution in [3.05, 3.63) is 52.0 Å². The van der Waals surface area contributed by atoms with Crippen LogP contribution >= 0.6 is 22.6 Å². The van der Waals surface area contributed by atoms with Crippen LogP contribution in [0.5, 0.6) is 0 Å². The smallest absolute Gasteiger partial charge is 0.214 e. The minimum atomic E-state index is -0.481. The molecule has 1 aromatic carbocycles. The van der Waals surface area contributed by atoms with Crippen LogP contribution in [0.4, 0.5) is 15.9 Å². The van der Waals surface area contributed by atoms with Gasteiger partial charge in [0.1, 0.15) is 5.82 Å². The summed E-state index contributed by atoms with van der Waals surface area (Å²) in [7, 11) is 0. The molecule has 0 saturated carbocycles. The summed E-state index contributed by atoms with van der Waals surface area (Å²) in [6.45, 7) is 0. The second-order valence-electron chi connectivity index (χ2n) is 2.98. The first-order chi connectivity index (χ1) is 7.24. The van der Waals surface area contributed by atoms with Gasteiger partial charge >= 0.3 is 0 Å². The summed E-state index contributed by atoms with van der Waals surface area (Å²) in [4.78, 5) is 3.72. The highest BCUT2D eigenvalue weighted by Crippen LogP contribution is 2.16. The molecule has 0 radical (unpaired) electrons. The molecule has 1 N–H and O–H groups in total. The van der Waals surface area contributed by atoms with Gasteiger partial charge in [0.15, 0.2) is 0 Å². The second-order valence-corrected chi connectivity index (χ2v) is 4.23. The van der Waals surface area contributed by atoms with E-state index in [4.69, 9.17) is 0 Å². The maximum absolute atomic E-state index is 12.8. The Balaban J connectivity index is 2.22. The predicted molar refractivity (Wildman–Crippen MR) is 66.6 cm³/mol. The van der Waals surface area contributed by atoms with Crippen LogP contribution in [-0.4, -0.2) is 4.98 Å². The van der Waals surface area contributed by atoms with Gasteiger partial charge in [-0.25, -0.2) is 4.98 Å². The van der Waals surface area contributed by atoms with Crippen LogP contribution in [-0.2, 0) is 0 Å². The molecule has 0 spiro atoms. The highest BCUT2D eigenvalue weighted by molar-refractivity contribution is 14.1. The fraction of sp³-hybridized carbons (Fsp3) is 0. The summed E-state index contributed by atoms with van der Waals surface area (Å²) in [5, 5.41) is 3.03. The molecule has 0 amide bonds. The Morgan fingerprint density at radius 2 is 1.93 bits per heavy atom. The van der Waals surface area contributed by atoms with Crippen LogP contribution in [0.1, 0.15) is 0 Å². The third-order valence-electron chi connectivity index (χ3n) is 1.81. The Bertz CT molecular complexity index is 430. The molecule has 1 heterocycles. The summed E-state index contributed by atoms with van der Waals surface area (Å²) in [6, 6.07) is 12.5. The van der Waals surface area contributed by atoms with Crippen molar-refractivity contribution < 1.29 is 4.39 Å². The lowest BCUT2D eigenvalue weighted by Gasteiger charge is -2.05. The van der Waals surface area contributed by atoms with Gasteiger partial charge in [0.25, 0.3) is 0 Å². The highest BCUT2D eigenvalue weighted by Gasteiger charge is 1.97. The van der Waals surface area contributed by atoms with E-state index in [2.05, 4.69) is 32.9 Å². The molecule has 0 bridgehead atoms. The molecule has 0 atom stereocenters. The number of rotatable bonds is 2. The number of hydrogen-bond acceptors (Lipinski definition) is 2. The van der Waals surface area contributed by atoms with Gasteiger partial charge in [-0.05, 0) is 52.9 Å². The van der Waals surface area contributed by atoms with Crippen LogP contribution in [0.15, 0.2) is 42.5 Å². The first-order valence-corrected chi connectivity index (χ1v) is 5.47. The number of aromatic nitrogens is 1. The third kappa shape index (κ3) is 2.89. The number of anilines is 2. The quantitative estimate of drug-likeness (QED) is 0.677. The fourth-order valence-corrected chi connectivity index (χ4v) is 1.74. The van der Waals surface area contributed by atoms with E-state index in [9.17, 15) is 4.39 Å². The Morgan fingerprint density at radius 1 is 1.13 bits per heavy atom. The van der Waals surface area contributed by atoms with Crippen molar-refractivity contribution in [3.63, 3.8) is 0 Å². The van der Waals surface area contributed by atoms with Crippen molar-refractivity contribution in [2.45, 2.75) is 0 Å². The average Bonchev–Trinajstić information content (AvgIpc) is 2.17. The van der Waals surface area contributed by atoms with Crippen molar-refractivity contribution >= 4 is 34.1 Å². The molecule has 0 aliphatic carbocycles. The van der Waals surface area contributed by atoms with Crippen LogP contribution < -0.4 is 5.32 Å². The molecule has 1 aromatic heterocycles. The molecule has 2 aromatic rings. The van der Waals surface area contributed by atoms with Gasteiger partial charge in [-0.2, -0.15) is 4.39 Å². The maximum atomic E-state index is 12.8. The minimum absolute atomic E-state index is 0.481. The molecule has 4 heteroatoms. The zero-order valence-corrected chi connectivity index (χ0v) is 9.90. The number of halogens is 2. The normalized spacial score (nSPS) is 10.0. The van der Waals surface area contributed by atoms with Gasteiger partial charge in [-0.15, -0.1) is 0 Å². The Hall–Kier alpha value is -1.17. The molecule has 0 saturated heterocycles. The number of nitrogens with zero attached hydrogens (tertiary/aromatic N) is 1. The Labute approximate surface area is 101 Å². The lowest BCUT2D eigenvalue weighted by molar-refractivity contribution is 0.585. The molecule has 0 fully saturated rings. The molecule has 2 nitrogen and oxygen atoms in total. The minimum Gasteiger partial charge on any atom is -0.340 e. The topological polar surface area (TPSA) is 24.9 Å². The van der Waals surface area contributed by atoms with Crippen molar-refractivity contribution in [3.8, 4) is 0 Å². The predicted octanol–water partition coefficient (Wildman–Crippen LogP) is 3.57. The lowest BCUT2D eigenvalue weighted by Crippen LogP contribution is -1.94. The molecule has 0 aliphatic rings. The molecule has 2 rings (SSSR count). The van der Waals surface area contributed by atoms with E-state index in [0.717, 1.165) is 9.26 Å². The fourth-order valence-electron chi connectivity index (χ4n) is 1.19. The maximum Gasteiger partial charge on any atom is 0.214 e. The first kappa shape index (κ1) is 10.4. The SMILES string of the molecule is Fc1cccc(Nc2cccc(I)c2)n1. The van der Waals surface area contributed by atoms with E-state index in [1.54, 1.807) is 12.1 Å². The number of hydrogen-bond donors (Lipinski definition) is 1. The molecule has 15 heavy (non-hydrogen) atoms. The van der Waals surface area contributed by atoms with E-state index in [-0.39, 0.29) is 0 Å². The number of benzene rings is 1. The van der Waals surface area contributed by atoms with Gasteiger partial charge in [0.05, 0.1) is 0 Å². The molecular weight excluding hydrogens is 306 g/mol. The third-order valence-corrected chi connectivity index (χ3v) is 2.48. The van der Waals surface area contributed by atoms with Crippen LogP contribution in [0.25, 0.3) is 0 Å². The molecule has 76 valence electrons. The molecular formula is C11H8FIN2. The summed E-state index contributed by atoms with van der Waals surface area (Å²) in [5.74, 6) is 0.0302. The Kier molecular flexibility index (Phi) is 3.15. The monoisotopic (exact) mass is 314 g/mol. The van der Waals surface area contributed by atoms with E-state index in [0.29, 0.717) is 5.82 Å². The second kappa shape index (κ2) is 4.57. The molecule has 0 unspecified atom stereocenters. The summed E-state index contributed by atoms with van der Waals surface area (Å²) in [6.07, 6.45) is 0. The van der Waals surface area contributed by atoms with Crippen molar-refractivity contribution in [1.82, 2.24) is 4.98 Å². The zero-order valence-electron chi connectivity index (χ0n) is 7.74. The van der Waals surface area contributed by atoms with Crippen molar-refractivity contribution in [2.75, 3.05) is 5.32 Å². The standard InChI is InChI=1S/C11H8FIN2/c12-10-5-2-6-11(15-10)14-9-4-1-3-8(13)7-9/h1-7H,(H,14,15). The zero-order chi connectivity index (χ0) is 10.7. The van der Waals surface area contributed by atoms with E-state index in [1.165, 1.54) is 6.07 Å². The summed E-state index contributed by atoms with van der Waals surface area (Å²) >= 11 is 2.22. The van der Waals surface area contributed by atoms with Gasteiger partial charge in [0.2, 0.25) is 5.95 Å². The molecule has 0 aliphatic heterocycles. The van der Waals surface area contributed by atoms with E-state index >= 15 is 0 Å². The van der Waals surface area contributed by atoms with Crippen molar-refractivity contribution in [2.24, 2.45) is 0 Å². The van der Waals surface area contributed by atoms with Crippen LogP contribution in [0, 0.1) is 9.52 Å². The Morgan fingerprint density at radius 3 is 2.67 bits per heavy atom. The van der Waals surface area contributed by atoms with Gasteiger partial charge < -0.3 is 5.32 Å². The van der Waals surface area contributed by atoms with Gasteiger partial charge in [0, 0.05) is 9.26 Å². The number of nitrogens with one attached hydrogen (secondary N) is 1. The lowest BCUT2D eigenvalue weighted by atomic mass is 10.3. The van der Waals surface area contributed by atoms with Gasteiger partial charge in [-0.1, -0.05) is 12.1 Å². The van der Waals surface area contributed by atoms with E-state index < -0.39 is 5.95 Å². The average molecular weight is 314 g/mol. The van der Waals surface area contributed by atoms with Crippen LogP contribution in [0.3, 0.4) is 0 Å².